The summed E-state index contributed by atoms with van der Waals surface area (Å²) in [5.74, 6) is 0.907. The second-order valence-electron chi connectivity index (χ2n) is 4.05. The highest BCUT2D eigenvalue weighted by molar-refractivity contribution is 6.36. The Balaban J connectivity index is 2.05. The van der Waals surface area contributed by atoms with Crippen LogP contribution < -0.4 is 4.74 Å². The Kier molecular flexibility index (Phi) is 4.97. The standard InChI is InChI=1S/C13H13Cl3N2O/c1-18-11(2-4-17-18)3-5-19-13-9(8-14)6-10(15)7-12(13)16/h2,4,6-7H,3,5,8H2,1H3. The summed E-state index contributed by atoms with van der Waals surface area (Å²) in [6, 6.07) is 5.37. The number of aryl methyl sites for hydroxylation is 1. The van der Waals surface area contributed by atoms with E-state index in [9.17, 15) is 0 Å². The Labute approximate surface area is 127 Å². The fourth-order valence-electron chi connectivity index (χ4n) is 1.78. The zero-order valence-corrected chi connectivity index (χ0v) is 12.6. The van der Waals surface area contributed by atoms with E-state index in [2.05, 4.69) is 5.10 Å². The van der Waals surface area contributed by atoms with Gasteiger partial charge >= 0.3 is 0 Å². The average molecular weight is 320 g/mol. The summed E-state index contributed by atoms with van der Waals surface area (Å²) in [5, 5.41) is 5.14. The van der Waals surface area contributed by atoms with Crippen LogP contribution in [-0.4, -0.2) is 16.4 Å². The maximum absolute atomic E-state index is 6.12. The van der Waals surface area contributed by atoms with Gasteiger partial charge in [-0.25, -0.2) is 0 Å². The molecule has 0 saturated carbocycles. The predicted molar refractivity (Wildman–Crippen MR) is 78.4 cm³/mol. The number of alkyl halides is 1. The minimum absolute atomic E-state index is 0.307. The van der Waals surface area contributed by atoms with Gasteiger partial charge in [0, 0.05) is 35.9 Å². The number of ether oxygens (including phenoxy) is 1. The van der Waals surface area contributed by atoms with Gasteiger partial charge < -0.3 is 4.74 Å². The first-order valence-electron chi connectivity index (χ1n) is 5.75. The van der Waals surface area contributed by atoms with Gasteiger partial charge in [0.2, 0.25) is 0 Å². The smallest absolute Gasteiger partial charge is 0.142 e. The third-order valence-corrected chi connectivity index (χ3v) is 3.54. The number of benzene rings is 1. The minimum atomic E-state index is 0.307. The molecule has 102 valence electrons. The number of nitrogens with zero attached hydrogens (tertiary/aromatic N) is 2. The molecule has 1 heterocycles. The summed E-state index contributed by atoms with van der Waals surface area (Å²) >= 11 is 17.9. The molecular weight excluding hydrogens is 307 g/mol. The summed E-state index contributed by atoms with van der Waals surface area (Å²) in [7, 11) is 1.90. The van der Waals surface area contributed by atoms with Crippen LogP contribution in [0.5, 0.6) is 5.75 Å². The molecule has 0 aliphatic heterocycles. The number of halogens is 3. The summed E-state index contributed by atoms with van der Waals surface area (Å²) < 4.78 is 7.54. The molecule has 0 saturated heterocycles. The van der Waals surface area contributed by atoms with Crippen LogP contribution >= 0.6 is 34.8 Å². The fraction of sp³-hybridized carbons (Fsp3) is 0.308. The molecule has 0 N–H and O–H groups in total. The van der Waals surface area contributed by atoms with Gasteiger partial charge in [0.15, 0.2) is 0 Å². The molecule has 0 aliphatic rings. The molecule has 3 nitrogen and oxygen atoms in total. The topological polar surface area (TPSA) is 27.1 Å². The highest BCUT2D eigenvalue weighted by Crippen LogP contribution is 2.33. The van der Waals surface area contributed by atoms with Crippen molar-refractivity contribution in [2.75, 3.05) is 6.61 Å². The molecule has 0 fully saturated rings. The molecule has 2 aromatic rings. The summed E-state index contributed by atoms with van der Waals surface area (Å²) in [4.78, 5) is 0. The third kappa shape index (κ3) is 3.56. The number of rotatable bonds is 5. The van der Waals surface area contributed by atoms with Crippen molar-refractivity contribution >= 4 is 34.8 Å². The van der Waals surface area contributed by atoms with Crippen LogP contribution in [0.2, 0.25) is 10.0 Å². The van der Waals surface area contributed by atoms with Crippen LogP contribution in [0.4, 0.5) is 0 Å². The van der Waals surface area contributed by atoms with Crippen LogP contribution in [0, 0.1) is 0 Å². The van der Waals surface area contributed by atoms with Crippen molar-refractivity contribution in [1.82, 2.24) is 9.78 Å². The van der Waals surface area contributed by atoms with E-state index in [1.807, 2.05) is 17.8 Å². The molecule has 19 heavy (non-hydrogen) atoms. The lowest BCUT2D eigenvalue weighted by atomic mass is 10.2. The molecule has 0 atom stereocenters. The molecule has 0 bridgehead atoms. The van der Waals surface area contributed by atoms with Gasteiger partial charge in [-0.3, -0.25) is 4.68 Å². The number of hydrogen-bond acceptors (Lipinski definition) is 2. The van der Waals surface area contributed by atoms with Crippen molar-refractivity contribution in [3.05, 3.63) is 45.7 Å². The van der Waals surface area contributed by atoms with E-state index in [-0.39, 0.29) is 0 Å². The van der Waals surface area contributed by atoms with Crippen LogP contribution in [0.25, 0.3) is 0 Å². The van der Waals surface area contributed by atoms with Crippen LogP contribution in [-0.2, 0) is 19.3 Å². The second kappa shape index (κ2) is 6.51. The van der Waals surface area contributed by atoms with E-state index in [1.54, 1.807) is 18.3 Å². The zero-order valence-electron chi connectivity index (χ0n) is 10.4. The molecule has 1 aromatic heterocycles. The highest BCUT2D eigenvalue weighted by Gasteiger charge is 2.10. The largest absolute Gasteiger partial charge is 0.491 e. The minimum Gasteiger partial charge on any atom is -0.491 e. The van der Waals surface area contributed by atoms with Crippen LogP contribution in [0.3, 0.4) is 0 Å². The molecule has 1 aromatic carbocycles. The quantitative estimate of drug-likeness (QED) is 0.776. The molecule has 0 aliphatic carbocycles. The van der Waals surface area contributed by atoms with Crippen molar-refractivity contribution in [3.63, 3.8) is 0 Å². The first kappa shape index (κ1) is 14.5. The van der Waals surface area contributed by atoms with Gasteiger partial charge in [0.25, 0.3) is 0 Å². The first-order chi connectivity index (χ1) is 9.11. The normalized spacial score (nSPS) is 10.7. The number of hydrogen-bond donors (Lipinski definition) is 0. The number of aromatic nitrogens is 2. The Hall–Kier alpha value is -0.900. The maximum Gasteiger partial charge on any atom is 0.142 e. The van der Waals surface area contributed by atoms with Gasteiger partial charge in [-0.05, 0) is 18.2 Å². The van der Waals surface area contributed by atoms with E-state index < -0.39 is 0 Å². The summed E-state index contributed by atoms with van der Waals surface area (Å²) in [6.07, 6.45) is 2.51. The third-order valence-electron chi connectivity index (χ3n) is 2.76. The van der Waals surface area contributed by atoms with E-state index >= 15 is 0 Å². The Morgan fingerprint density at radius 1 is 1.32 bits per heavy atom. The second-order valence-corrected chi connectivity index (χ2v) is 5.17. The van der Waals surface area contributed by atoms with Gasteiger partial charge in [0.05, 0.1) is 17.5 Å². The molecule has 0 unspecified atom stereocenters. The Morgan fingerprint density at radius 2 is 2.11 bits per heavy atom. The molecular formula is C13H13Cl3N2O. The molecule has 6 heteroatoms. The van der Waals surface area contributed by atoms with Crippen molar-refractivity contribution in [2.24, 2.45) is 7.05 Å². The van der Waals surface area contributed by atoms with E-state index in [0.29, 0.717) is 28.3 Å². The average Bonchev–Trinajstić information content (AvgIpc) is 2.77. The van der Waals surface area contributed by atoms with Gasteiger partial charge in [-0.2, -0.15) is 5.10 Å². The lowest BCUT2D eigenvalue weighted by molar-refractivity contribution is 0.316. The van der Waals surface area contributed by atoms with Gasteiger partial charge in [0.1, 0.15) is 5.75 Å². The predicted octanol–water partition coefficient (Wildman–Crippen LogP) is 4.09. The monoisotopic (exact) mass is 318 g/mol. The lowest BCUT2D eigenvalue weighted by Gasteiger charge is -2.12. The molecule has 0 radical (unpaired) electrons. The summed E-state index contributed by atoms with van der Waals surface area (Å²) in [5.41, 5.74) is 1.89. The van der Waals surface area contributed by atoms with E-state index in [0.717, 1.165) is 17.7 Å². The molecule has 0 amide bonds. The van der Waals surface area contributed by atoms with Gasteiger partial charge in [-0.15, -0.1) is 11.6 Å². The maximum atomic E-state index is 6.12. The van der Waals surface area contributed by atoms with Gasteiger partial charge in [-0.1, -0.05) is 23.2 Å². The van der Waals surface area contributed by atoms with E-state index in [1.165, 1.54) is 0 Å². The highest BCUT2D eigenvalue weighted by atomic mass is 35.5. The first-order valence-corrected chi connectivity index (χ1v) is 7.04. The molecule has 0 spiro atoms. The van der Waals surface area contributed by atoms with E-state index in [4.69, 9.17) is 39.5 Å². The Morgan fingerprint density at radius 3 is 2.74 bits per heavy atom. The van der Waals surface area contributed by atoms with Crippen LogP contribution in [0.15, 0.2) is 24.4 Å². The van der Waals surface area contributed by atoms with Crippen molar-refractivity contribution in [3.8, 4) is 5.75 Å². The molecule has 2 rings (SSSR count). The zero-order chi connectivity index (χ0) is 13.8. The van der Waals surface area contributed by atoms with Crippen molar-refractivity contribution in [1.29, 1.82) is 0 Å². The van der Waals surface area contributed by atoms with Crippen molar-refractivity contribution in [2.45, 2.75) is 12.3 Å². The van der Waals surface area contributed by atoms with Crippen molar-refractivity contribution < 1.29 is 4.74 Å². The summed E-state index contributed by atoms with van der Waals surface area (Å²) in [6.45, 7) is 0.505. The van der Waals surface area contributed by atoms with Crippen LogP contribution in [0.1, 0.15) is 11.3 Å². The lowest BCUT2D eigenvalue weighted by Crippen LogP contribution is -2.07. The Bertz CT molecular complexity index is 569. The SMILES string of the molecule is Cn1nccc1CCOc1c(Cl)cc(Cl)cc1CCl. The fourth-order valence-corrected chi connectivity index (χ4v) is 2.57.